The number of furan rings is 1. The van der Waals surface area contributed by atoms with Crippen LogP contribution in [0.15, 0.2) is 150 Å². The van der Waals surface area contributed by atoms with Gasteiger partial charge in [-0.2, -0.15) is 0 Å². The average Bonchev–Trinajstić information content (AvgIpc) is 3.43. The molecule has 1 nitrogen and oxygen atoms in total. The van der Waals surface area contributed by atoms with E-state index in [0.29, 0.717) is 0 Å². The Bertz CT molecular complexity index is 2340. The molecule has 0 saturated heterocycles. The summed E-state index contributed by atoms with van der Waals surface area (Å²) in [6.45, 7) is 0. The van der Waals surface area contributed by atoms with Gasteiger partial charge in [-0.15, -0.1) is 0 Å². The van der Waals surface area contributed by atoms with E-state index in [2.05, 4.69) is 140 Å². The van der Waals surface area contributed by atoms with Gasteiger partial charge >= 0.3 is 0 Å². The summed E-state index contributed by atoms with van der Waals surface area (Å²) in [7, 11) is 0. The number of benzene rings is 8. The highest BCUT2D eigenvalue weighted by molar-refractivity contribution is 6.30. The first-order chi connectivity index (χ1) is 20.3. The highest BCUT2D eigenvalue weighted by atomic mass is 16.3. The van der Waals surface area contributed by atoms with Crippen LogP contribution in [0.25, 0.3) is 87.6 Å². The van der Waals surface area contributed by atoms with Crippen LogP contribution in [0, 0.1) is 0 Å². The molecule has 0 saturated carbocycles. The Labute approximate surface area is 237 Å². The van der Waals surface area contributed by atoms with Crippen molar-refractivity contribution in [3.8, 4) is 33.4 Å². The Morgan fingerprint density at radius 3 is 1.66 bits per heavy atom. The molecule has 0 N–H and O–H groups in total. The van der Waals surface area contributed by atoms with Crippen LogP contribution in [-0.4, -0.2) is 0 Å². The van der Waals surface area contributed by atoms with Crippen LogP contribution in [0.3, 0.4) is 0 Å². The fourth-order valence-corrected chi connectivity index (χ4v) is 6.80. The topological polar surface area (TPSA) is 13.1 Å². The molecule has 0 radical (unpaired) electrons. The minimum atomic E-state index is 0.924. The molecule has 0 aliphatic carbocycles. The first kappa shape index (κ1) is 22.4. The summed E-state index contributed by atoms with van der Waals surface area (Å²) < 4.78 is 6.48. The van der Waals surface area contributed by atoms with Gasteiger partial charge < -0.3 is 4.42 Å². The van der Waals surface area contributed by atoms with Gasteiger partial charge in [0.05, 0.1) is 0 Å². The lowest BCUT2D eigenvalue weighted by Gasteiger charge is -2.19. The molecule has 1 heteroatoms. The van der Waals surface area contributed by atoms with E-state index in [1.54, 1.807) is 0 Å². The molecule has 0 bridgehead atoms. The first-order valence-electron chi connectivity index (χ1n) is 14.1. The van der Waals surface area contributed by atoms with Crippen molar-refractivity contribution in [2.45, 2.75) is 0 Å². The predicted octanol–water partition coefficient (Wildman–Crippen LogP) is 11.5. The fraction of sp³-hybridized carbons (Fsp3) is 0. The van der Waals surface area contributed by atoms with E-state index in [-0.39, 0.29) is 0 Å². The molecule has 1 aromatic heterocycles. The van der Waals surface area contributed by atoms with Gasteiger partial charge in [0.25, 0.3) is 0 Å². The van der Waals surface area contributed by atoms with Crippen molar-refractivity contribution in [1.82, 2.24) is 0 Å². The van der Waals surface area contributed by atoms with Crippen LogP contribution < -0.4 is 0 Å². The van der Waals surface area contributed by atoms with Crippen LogP contribution in [0.2, 0.25) is 0 Å². The normalized spacial score (nSPS) is 11.9. The Morgan fingerprint density at radius 1 is 0.341 bits per heavy atom. The second-order valence-corrected chi connectivity index (χ2v) is 10.8. The molecule has 8 aromatic carbocycles. The van der Waals surface area contributed by atoms with Gasteiger partial charge in [0.1, 0.15) is 11.2 Å². The van der Waals surface area contributed by atoms with E-state index in [9.17, 15) is 0 Å². The molecule has 0 atom stereocenters. The van der Waals surface area contributed by atoms with E-state index >= 15 is 0 Å². The second-order valence-electron chi connectivity index (χ2n) is 10.8. The maximum absolute atomic E-state index is 6.48. The Morgan fingerprint density at radius 2 is 0.927 bits per heavy atom. The molecule has 0 aliphatic heterocycles. The molecule has 0 spiro atoms. The van der Waals surface area contributed by atoms with Crippen LogP contribution in [0.4, 0.5) is 0 Å². The predicted molar refractivity (Wildman–Crippen MR) is 174 cm³/mol. The number of hydrogen-bond acceptors (Lipinski definition) is 1. The zero-order chi connectivity index (χ0) is 26.9. The summed E-state index contributed by atoms with van der Waals surface area (Å²) in [4.78, 5) is 0. The quantitative estimate of drug-likeness (QED) is 0.211. The third-order valence-electron chi connectivity index (χ3n) is 8.65. The minimum Gasteiger partial charge on any atom is -0.455 e. The smallest absolute Gasteiger partial charge is 0.143 e. The van der Waals surface area contributed by atoms with Gasteiger partial charge in [0.15, 0.2) is 0 Å². The van der Waals surface area contributed by atoms with Crippen molar-refractivity contribution < 1.29 is 4.42 Å². The Balaban J connectivity index is 1.43. The van der Waals surface area contributed by atoms with Crippen molar-refractivity contribution in [3.63, 3.8) is 0 Å². The minimum absolute atomic E-state index is 0.924. The van der Waals surface area contributed by atoms with Crippen molar-refractivity contribution in [2.75, 3.05) is 0 Å². The number of para-hydroxylation sites is 2. The summed E-state index contributed by atoms with van der Waals surface area (Å²) in [5.74, 6) is 0. The molecule has 1 heterocycles. The van der Waals surface area contributed by atoms with Gasteiger partial charge in [-0.1, -0.05) is 133 Å². The molecule has 0 fully saturated rings. The average molecular weight is 521 g/mol. The summed E-state index contributed by atoms with van der Waals surface area (Å²) in [6, 6.07) is 52.5. The fourth-order valence-electron chi connectivity index (χ4n) is 6.80. The zero-order valence-corrected chi connectivity index (χ0v) is 22.3. The summed E-state index contributed by atoms with van der Waals surface area (Å²) in [6.07, 6.45) is 0. The molecule has 9 rings (SSSR count). The Kier molecular flexibility index (Phi) is 4.67. The largest absolute Gasteiger partial charge is 0.455 e. The van der Waals surface area contributed by atoms with Crippen LogP contribution in [0.1, 0.15) is 0 Å². The lowest BCUT2D eigenvalue weighted by Crippen LogP contribution is -1.92. The van der Waals surface area contributed by atoms with Crippen molar-refractivity contribution in [1.29, 1.82) is 0 Å². The molecule has 190 valence electrons. The van der Waals surface area contributed by atoms with Crippen LogP contribution in [0.5, 0.6) is 0 Å². The third kappa shape index (κ3) is 3.24. The molecule has 0 amide bonds. The van der Waals surface area contributed by atoms with Crippen LogP contribution in [-0.2, 0) is 0 Å². The van der Waals surface area contributed by atoms with E-state index in [1.807, 2.05) is 6.07 Å². The van der Waals surface area contributed by atoms with E-state index in [4.69, 9.17) is 4.42 Å². The number of fused-ring (bicyclic) bond motifs is 3. The monoisotopic (exact) mass is 520 g/mol. The van der Waals surface area contributed by atoms with Crippen LogP contribution >= 0.6 is 0 Å². The molecular weight excluding hydrogens is 496 g/mol. The first-order valence-corrected chi connectivity index (χ1v) is 14.1. The molecule has 9 aromatic rings. The molecule has 41 heavy (non-hydrogen) atoms. The third-order valence-corrected chi connectivity index (χ3v) is 8.65. The SMILES string of the molecule is c1ccc(-c2cc(-c3ccccc3)c3ccc4c(-c5cccc6c5oc5ccccc56)ccc5ccc2c3c54)cc1. The lowest BCUT2D eigenvalue weighted by atomic mass is 9.84. The molecule has 0 unspecified atom stereocenters. The Hall–Kier alpha value is -5.40. The molecule has 0 aliphatic rings. The maximum atomic E-state index is 6.48. The number of hydrogen-bond donors (Lipinski definition) is 0. The summed E-state index contributed by atoms with van der Waals surface area (Å²) in [5, 5.41) is 10.00. The van der Waals surface area contributed by atoms with Gasteiger partial charge in [0, 0.05) is 16.3 Å². The summed E-state index contributed by atoms with van der Waals surface area (Å²) >= 11 is 0. The van der Waals surface area contributed by atoms with Gasteiger partial charge in [-0.05, 0) is 72.3 Å². The van der Waals surface area contributed by atoms with Crippen molar-refractivity contribution in [3.05, 3.63) is 146 Å². The van der Waals surface area contributed by atoms with Gasteiger partial charge in [-0.25, -0.2) is 0 Å². The van der Waals surface area contributed by atoms with Gasteiger partial charge in [0.2, 0.25) is 0 Å². The maximum Gasteiger partial charge on any atom is 0.143 e. The van der Waals surface area contributed by atoms with Crippen molar-refractivity contribution >= 4 is 54.3 Å². The lowest BCUT2D eigenvalue weighted by molar-refractivity contribution is 0.670. The van der Waals surface area contributed by atoms with E-state index < -0.39 is 0 Å². The zero-order valence-electron chi connectivity index (χ0n) is 22.3. The van der Waals surface area contributed by atoms with E-state index in [0.717, 1.165) is 27.5 Å². The highest BCUT2D eigenvalue weighted by Gasteiger charge is 2.20. The summed E-state index contributed by atoms with van der Waals surface area (Å²) in [5.41, 5.74) is 9.18. The van der Waals surface area contributed by atoms with Gasteiger partial charge in [-0.3, -0.25) is 0 Å². The number of rotatable bonds is 3. The molecular formula is C40H24O. The second kappa shape index (κ2) is 8.55. The standard InChI is InChI=1S/C40H24O/c1-3-10-25(11-4-1)35-24-36(26-12-5-2-6-13-26)32-23-22-30-28(20-18-27-19-21-31(35)39(32)38(27)30)33-15-9-16-34-29-14-7-8-17-37(29)41-40(33)34/h1-24H. The van der Waals surface area contributed by atoms with Crippen molar-refractivity contribution in [2.24, 2.45) is 0 Å². The highest BCUT2D eigenvalue weighted by Crippen LogP contribution is 2.47. The van der Waals surface area contributed by atoms with E-state index in [1.165, 1.54) is 60.1 Å².